The Balaban J connectivity index is 1.62. The second-order valence-corrected chi connectivity index (χ2v) is 8.43. The van der Waals surface area contributed by atoms with Crippen LogP contribution in [0.2, 0.25) is 10.0 Å². The number of carbonyl (C=O) groups is 1. The molecule has 0 aliphatic carbocycles. The van der Waals surface area contributed by atoms with Gasteiger partial charge in [0.1, 0.15) is 18.2 Å². The number of nitrogens with zero attached hydrogens (tertiary/aromatic N) is 3. The van der Waals surface area contributed by atoms with Crippen molar-refractivity contribution >= 4 is 51.5 Å². The molecule has 174 valence electrons. The predicted octanol–water partition coefficient (Wildman–Crippen LogP) is 5.61. The maximum atomic E-state index is 14.6. The highest BCUT2D eigenvalue weighted by Crippen LogP contribution is 2.37. The number of likely N-dealkylation sites (tertiary alicyclic amines) is 1. The maximum Gasteiger partial charge on any atom is 0.222 e. The van der Waals surface area contributed by atoms with Crippen molar-refractivity contribution in [2.75, 3.05) is 25.5 Å². The van der Waals surface area contributed by atoms with Gasteiger partial charge >= 0.3 is 0 Å². The number of methoxy groups -OCH3 is 1. The monoisotopic (exact) mass is 492 g/mol. The Kier molecular flexibility index (Phi) is 7.05. The molecule has 1 aliphatic rings. The summed E-state index contributed by atoms with van der Waals surface area (Å²) in [6, 6.07) is 6.52. The fraction of sp³-hybridized carbons (Fsp3) is 0.348. The van der Waals surface area contributed by atoms with E-state index in [-0.39, 0.29) is 27.7 Å². The molecule has 1 aromatic heterocycles. The van der Waals surface area contributed by atoms with E-state index in [0.717, 1.165) is 12.8 Å². The van der Waals surface area contributed by atoms with Crippen molar-refractivity contribution in [1.82, 2.24) is 14.9 Å². The quantitative estimate of drug-likeness (QED) is 0.450. The van der Waals surface area contributed by atoms with Crippen molar-refractivity contribution < 1.29 is 18.7 Å². The molecule has 1 N–H and O–H groups in total. The maximum absolute atomic E-state index is 14.6. The topological polar surface area (TPSA) is 76.6 Å². The van der Waals surface area contributed by atoms with E-state index in [1.165, 1.54) is 18.5 Å². The number of amides is 1. The van der Waals surface area contributed by atoms with E-state index < -0.39 is 5.82 Å². The summed E-state index contributed by atoms with van der Waals surface area (Å²) in [6.45, 7) is 3.17. The number of hydrogen-bond donors (Lipinski definition) is 1. The number of ether oxygens (including phenoxy) is 2. The minimum atomic E-state index is -0.672. The fourth-order valence-electron chi connectivity index (χ4n) is 3.79. The molecule has 1 fully saturated rings. The number of carbonyl (C=O) groups excluding carboxylic acids is 1. The molecule has 4 rings (SSSR count). The number of benzene rings is 2. The fourth-order valence-corrected chi connectivity index (χ4v) is 4.10. The number of rotatable bonds is 6. The van der Waals surface area contributed by atoms with Crippen molar-refractivity contribution in [1.29, 1.82) is 0 Å². The van der Waals surface area contributed by atoms with Crippen LogP contribution in [0.25, 0.3) is 10.9 Å². The molecule has 0 unspecified atom stereocenters. The lowest BCUT2D eigenvalue weighted by atomic mass is 10.1. The first kappa shape index (κ1) is 23.3. The summed E-state index contributed by atoms with van der Waals surface area (Å²) in [5.41, 5.74) is 0.733. The minimum Gasteiger partial charge on any atom is -0.493 e. The number of aromatic nitrogens is 2. The first-order valence-electron chi connectivity index (χ1n) is 10.6. The van der Waals surface area contributed by atoms with Gasteiger partial charge in [-0.1, -0.05) is 30.1 Å². The molecular formula is C23H23Cl2FN4O3. The third-order valence-corrected chi connectivity index (χ3v) is 6.38. The molecular weight excluding hydrogens is 470 g/mol. The van der Waals surface area contributed by atoms with E-state index in [0.29, 0.717) is 47.7 Å². The summed E-state index contributed by atoms with van der Waals surface area (Å²) >= 11 is 11.8. The molecule has 0 saturated carbocycles. The molecule has 1 saturated heterocycles. The number of hydrogen-bond acceptors (Lipinski definition) is 6. The zero-order valence-corrected chi connectivity index (χ0v) is 19.7. The Bertz CT molecular complexity index is 1190. The summed E-state index contributed by atoms with van der Waals surface area (Å²) in [4.78, 5) is 22.4. The van der Waals surface area contributed by atoms with Gasteiger partial charge in [-0.25, -0.2) is 14.4 Å². The van der Waals surface area contributed by atoms with Gasteiger partial charge in [-0.3, -0.25) is 4.79 Å². The van der Waals surface area contributed by atoms with E-state index in [1.807, 2.05) is 11.8 Å². The minimum absolute atomic E-state index is 0.0641. The Hall–Kier alpha value is -2.84. The van der Waals surface area contributed by atoms with Gasteiger partial charge in [0.25, 0.3) is 0 Å². The molecule has 0 radical (unpaired) electrons. The van der Waals surface area contributed by atoms with Gasteiger partial charge in [-0.15, -0.1) is 0 Å². The molecule has 1 aliphatic heterocycles. The lowest BCUT2D eigenvalue weighted by Crippen LogP contribution is -2.41. The summed E-state index contributed by atoms with van der Waals surface area (Å²) in [5.74, 6) is 0.916. The third kappa shape index (κ3) is 4.91. The van der Waals surface area contributed by atoms with Crippen LogP contribution in [0, 0.1) is 5.82 Å². The first-order chi connectivity index (χ1) is 15.9. The van der Waals surface area contributed by atoms with Crippen LogP contribution in [-0.2, 0) is 4.79 Å². The second-order valence-electron chi connectivity index (χ2n) is 7.64. The molecule has 7 nitrogen and oxygen atoms in total. The lowest BCUT2D eigenvalue weighted by molar-refractivity contribution is -0.132. The van der Waals surface area contributed by atoms with Gasteiger partial charge in [-0.05, 0) is 18.2 Å². The lowest BCUT2D eigenvalue weighted by Gasteiger charge is -2.32. The molecule has 0 bridgehead atoms. The van der Waals surface area contributed by atoms with Crippen LogP contribution in [0.4, 0.5) is 15.9 Å². The number of nitrogens with one attached hydrogen (secondary N) is 1. The van der Waals surface area contributed by atoms with E-state index in [4.69, 9.17) is 32.7 Å². The normalized spacial score (nSPS) is 14.4. The summed E-state index contributed by atoms with van der Waals surface area (Å²) in [7, 11) is 1.56. The predicted molar refractivity (Wildman–Crippen MR) is 126 cm³/mol. The van der Waals surface area contributed by atoms with Gasteiger partial charge in [0.15, 0.2) is 17.3 Å². The van der Waals surface area contributed by atoms with Crippen molar-refractivity contribution in [3.05, 3.63) is 46.5 Å². The summed E-state index contributed by atoms with van der Waals surface area (Å²) < 4.78 is 26.3. The Morgan fingerprint density at radius 2 is 1.97 bits per heavy atom. The summed E-state index contributed by atoms with van der Waals surface area (Å²) in [6.07, 6.45) is 3.25. The highest BCUT2D eigenvalue weighted by atomic mass is 35.5. The van der Waals surface area contributed by atoms with Crippen LogP contribution in [0.5, 0.6) is 11.5 Å². The van der Waals surface area contributed by atoms with Gasteiger partial charge in [-0.2, -0.15) is 0 Å². The van der Waals surface area contributed by atoms with Crippen molar-refractivity contribution in [2.24, 2.45) is 0 Å². The highest BCUT2D eigenvalue weighted by molar-refractivity contribution is 6.42. The smallest absolute Gasteiger partial charge is 0.222 e. The molecule has 0 spiro atoms. The SMILES string of the molecule is CCC(=O)N1CCC(Oc2cc3c(Nc4ccc(Cl)c(Cl)c4F)ncnc3cc2OC)CC1. The van der Waals surface area contributed by atoms with Crippen LogP contribution >= 0.6 is 23.2 Å². The second kappa shape index (κ2) is 9.97. The number of anilines is 2. The number of piperidine rings is 1. The molecule has 2 heterocycles. The average Bonchev–Trinajstić information content (AvgIpc) is 2.84. The van der Waals surface area contributed by atoms with Gasteiger partial charge in [0, 0.05) is 43.8 Å². The van der Waals surface area contributed by atoms with Crippen LogP contribution in [-0.4, -0.2) is 47.1 Å². The number of fused-ring (bicyclic) bond motifs is 1. The third-order valence-electron chi connectivity index (χ3n) is 5.60. The van der Waals surface area contributed by atoms with Crippen molar-refractivity contribution in [3.8, 4) is 11.5 Å². The Morgan fingerprint density at radius 3 is 2.67 bits per heavy atom. The zero-order valence-electron chi connectivity index (χ0n) is 18.2. The molecule has 10 heteroatoms. The van der Waals surface area contributed by atoms with Crippen LogP contribution in [0.1, 0.15) is 26.2 Å². The van der Waals surface area contributed by atoms with Gasteiger partial charge in [0.05, 0.1) is 28.4 Å². The zero-order chi connectivity index (χ0) is 23.5. The van der Waals surface area contributed by atoms with E-state index in [9.17, 15) is 9.18 Å². The van der Waals surface area contributed by atoms with Crippen molar-refractivity contribution in [2.45, 2.75) is 32.3 Å². The van der Waals surface area contributed by atoms with E-state index >= 15 is 0 Å². The highest BCUT2D eigenvalue weighted by Gasteiger charge is 2.24. The first-order valence-corrected chi connectivity index (χ1v) is 11.3. The van der Waals surface area contributed by atoms with E-state index in [2.05, 4.69) is 15.3 Å². The summed E-state index contributed by atoms with van der Waals surface area (Å²) in [5, 5.41) is 3.55. The van der Waals surface area contributed by atoms with Gasteiger partial charge in [0.2, 0.25) is 5.91 Å². The molecule has 3 aromatic rings. The van der Waals surface area contributed by atoms with Crippen LogP contribution in [0.15, 0.2) is 30.6 Å². The van der Waals surface area contributed by atoms with Crippen LogP contribution < -0.4 is 14.8 Å². The Morgan fingerprint density at radius 1 is 1.21 bits per heavy atom. The van der Waals surface area contributed by atoms with E-state index in [1.54, 1.807) is 19.2 Å². The molecule has 33 heavy (non-hydrogen) atoms. The Labute approximate surface area is 200 Å². The van der Waals surface area contributed by atoms with Crippen LogP contribution in [0.3, 0.4) is 0 Å². The molecule has 0 atom stereocenters. The van der Waals surface area contributed by atoms with Crippen molar-refractivity contribution in [3.63, 3.8) is 0 Å². The molecule has 1 amide bonds. The largest absolute Gasteiger partial charge is 0.493 e. The number of halogens is 3. The van der Waals surface area contributed by atoms with Gasteiger partial charge < -0.3 is 19.7 Å². The molecule has 2 aromatic carbocycles. The average molecular weight is 493 g/mol. The standard InChI is InChI=1S/C23H23Cl2FN4O3/c1-3-20(31)30-8-6-13(7-9-30)33-19-10-14-17(11-18(19)32-2)27-12-28-23(14)29-16-5-4-15(24)21(25)22(16)26/h4-5,10-13H,3,6-9H2,1-2H3,(H,27,28,29).